The van der Waals surface area contributed by atoms with Crippen LogP contribution in [0.4, 0.5) is 0 Å². The quantitative estimate of drug-likeness (QED) is 0.143. The van der Waals surface area contributed by atoms with Crippen molar-refractivity contribution in [1.82, 2.24) is 13.7 Å². The number of nitrogens with zero attached hydrogens (tertiary/aromatic N) is 3. The summed E-state index contributed by atoms with van der Waals surface area (Å²) in [7, 11) is 0. The molecule has 0 aliphatic carbocycles. The van der Waals surface area contributed by atoms with E-state index in [0.29, 0.717) is 5.56 Å². The third-order valence-corrected chi connectivity index (χ3v) is 10.0. The summed E-state index contributed by atoms with van der Waals surface area (Å²) >= 11 is 0. The molecule has 0 fully saturated rings. The normalized spacial score (nSPS) is 11.8. The van der Waals surface area contributed by atoms with Gasteiger partial charge in [-0.1, -0.05) is 78.9 Å². The highest BCUT2D eigenvalue weighted by molar-refractivity contribution is 6.14. The lowest BCUT2D eigenvalue weighted by Crippen LogP contribution is -2.09. The van der Waals surface area contributed by atoms with E-state index in [1.165, 1.54) is 50.5 Å². The molecule has 0 saturated heterocycles. The molecule has 7 aromatic carbocycles. The van der Waals surface area contributed by atoms with Gasteiger partial charge in [-0.25, -0.2) is 0 Å². The van der Waals surface area contributed by atoms with Gasteiger partial charge in [-0.3, -0.25) is 10.8 Å². The predicted molar refractivity (Wildman–Crippen MR) is 211 cm³/mol. The average Bonchev–Trinajstić information content (AvgIpc) is 3.80. The van der Waals surface area contributed by atoms with Crippen LogP contribution in [0.1, 0.15) is 12.5 Å². The Hall–Kier alpha value is -6.92. The summed E-state index contributed by atoms with van der Waals surface area (Å²) in [5.41, 5.74) is 10.5. The van der Waals surface area contributed by atoms with Gasteiger partial charge >= 0.3 is 0 Å². The topological polar surface area (TPSA) is 71.7 Å². The molecule has 3 heterocycles. The van der Waals surface area contributed by atoms with Crippen LogP contribution in [-0.2, 0) is 4.74 Å². The van der Waals surface area contributed by atoms with Gasteiger partial charge in [0.1, 0.15) is 0 Å². The highest BCUT2D eigenvalue weighted by Crippen LogP contribution is 2.39. The first-order valence-corrected chi connectivity index (χ1v) is 17.0. The minimum absolute atomic E-state index is 0.0163. The molecule has 0 aliphatic heterocycles. The van der Waals surface area contributed by atoms with E-state index in [9.17, 15) is 0 Å². The summed E-state index contributed by atoms with van der Waals surface area (Å²) in [6.45, 7) is 1.54. The zero-order valence-electron chi connectivity index (χ0n) is 27.8. The van der Waals surface area contributed by atoms with Crippen LogP contribution in [0.25, 0.3) is 82.5 Å². The molecular weight excluding hydrogens is 627 g/mol. The van der Waals surface area contributed by atoms with Crippen LogP contribution < -0.4 is 0 Å². The zero-order valence-corrected chi connectivity index (χ0v) is 27.8. The van der Waals surface area contributed by atoms with E-state index in [4.69, 9.17) is 15.6 Å². The molecule has 6 heteroatoms. The van der Waals surface area contributed by atoms with E-state index in [1.807, 2.05) is 18.2 Å². The predicted octanol–water partition coefficient (Wildman–Crippen LogP) is 11.3. The Kier molecular flexibility index (Phi) is 6.29. The first-order chi connectivity index (χ1) is 25.0. The Morgan fingerprint density at radius 2 is 0.765 bits per heavy atom. The third-order valence-electron chi connectivity index (χ3n) is 10.0. The number of fused-ring (bicyclic) bond motifs is 9. The molecule has 0 aliphatic rings. The Balaban J connectivity index is 1.27. The summed E-state index contributed by atoms with van der Waals surface area (Å²) in [4.78, 5) is 0. The molecule has 0 spiro atoms. The van der Waals surface area contributed by atoms with E-state index in [1.54, 1.807) is 0 Å². The Morgan fingerprint density at radius 1 is 0.392 bits per heavy atom. The summed E-state index contributed by atoms with van der Waals surface area (Å²) in [5, 5.41) is 23.4. The molecule has 51 heavy (non-hydrogen) atoms. The molecule has 0 atom stereocenters. The van der Waals surface area contributed by atoms with Crippen LogP contribution in [0, 0.1) is 10.8 Å². The second-order valence-corrected chi connectivity index (χ2v) is 13.0. The number of hydrogen-bond donors (Lipinski definition) is 2. The number of ether oxygens (including phenoxy) is 1. The Labute approximate surface area is 293 Å². The van der Waals surface area contributed by atoms with Gasteiger partial charge in [0, 0.05) is 61.9 Å². The van der Waals surface area contributed by atoms with E-state index < -0.39 is 0 Å². The van der Waals surface area contributed by atoms with Crippen LogP contribution in [0.3, 0.4) is 0 Å². The van der Waals surface area contributed by atoms with Gasteiger partial charge in [0.15, 0.2) is 5.90 Å². The van der Waals surface area contributed by atoms with Gasteiger partial charge in [-0.2, -0.15) is 0 Å². The Bertz CT molecular complexity index is 2790. The summed E-state index contributed by atoms with van der Waals surface area (Å²) < 4.78 is 12.4. The number of nitrogens with one attached hydrogen (secondary N) is 2. The average molecular weight is 658 g/mol. The number of para-hydroxylation sites is 4. The monoisotopic (exact) mass is 657 g/mol. The number of rotatable bonds is 4. The van der Waals surface area contributed by atoms with Crippen molar-refractivity contribution in [2.24, 2.45) is 0 Å². The van der Waals surface area contributed by atoms with Crippen molar-refractivity contribution in [1.29, 1.82) is 10.8 Å². The minimum Gasteiger partial charge on any atom is -0.426 e. The van der Waals surface area contributed by atoms with Crippen LogP contribution in [-0.4, -0.2) is 25.5 Å². The molecule has 0 saturated carbocycles. The first kappa shape index (κ1) is 29.0. The highest BCUT2D eigenvalue weighted by Gasteiger charge is 2.19. The van der Waals surface area contributed by atoms with Gasteiger partial charge in [0.25, 0.3) is 0 Å². The van der Waals surface area contributed by atoms with Gasteiger partial charge in [-0.05, 0) is 78.9 Å². The lowest BCUT2D eigenvalue weighted by atomic mass is 10.1. The lowest BCUT2D eigenvalue weighted by molar-refractivity contribution is 0.532. The summed E-state index contributed by atoms with van der Waals surface area (Å²) in [6.07, 6.45) is 0. The fraction of sp³-hybridized carbons (Fsp3) is 0.0222. The maximum Gasteiger partial charge on any atom is 0.220 e. The molecule has 0 unspecified atom stereocenters. The number of aromatic nitrogens is 3. The standard InChI is InChI=1S/C45H31N5O/c1-28(46)51-45(47)29-11-10-12-30(25-29)48-43-23-21-31(49-39-17-6-2-13-33(39)34-14-3-7-18-40(34)49)26-37(43)38-27-32(22-24-44(38)48)50-41-19-8-4-15-35(41)36-16-5-9-20-42(36)50/h2-27,46-47H,1H3. The van der Waals surface area contributed by atoms with Crippen molar-refractivity contribution in [2.45, 2.75) is 6.92 Å². The molecule has 0 amide bonds. The van der Waals surface area contributed by atoms with Crippen molar-refractivity contribution < 1.29 is 4.74 Å². The molecule has 0 radical (unpaired) electrons. The van der Waals surface area contributed by atoms with E-state index in [-0.39, 0.29) is 11.8 Å². The van der Waals surface area contributed by atoms with Gasteiger partial charge in [-0.15, -0.1) is 0 Å². The fourth-order valence-electron chi connectivity index (χ4n) is 7.96. The van der Waals surface area contributed by atoms with Crippen molar-refractivity contribution in [3.63, 3.8) is 0 Å². The molecule has 2 N–H and O–H groups in total. The van der Waals surface area contributed by atoms with E-state index in [0.717, 1.165) is 38.9 Å². The lowest BCUT2D eigenvalue weighted by Gasteiger charge is -2.12. The second-order valence-electron chi connectivity index (χ2n) is 13.0. The van der Waals surface area contributed by atoms with Crippen molar-refractivity contribution in [2.75, 3.05) is 0 Å². The van der Waals surface area contributed by atoms with Crippen molar-refractivity contribution in [3.05, 3.63) is 163 Å². The largest absolute Gasteiger partial charge is 0.426 e. The SMILES string of the molecule is CC(=N)OC(=N)c1cccc(-n2c3ccc(-n4c5ccccc5c5ccccc54)cc3c3cc(-n4c5ccccc5c5ccccc54)ccc32)c1. The van der Waals surface area contributed by atoms with Gasteiger partial charge in [0.05, 0.1) is 33.1 Å². The van der Waals surface area contributed by atoms with Crippen molar-refractivity contribution in [3.8, 4) is 17.1 Å². The molecule has 242 valence electrons. The van der Waals surface area contributed by atoms with Crippen LogP contribution in [0.2, 0.25) is 0 Å². The van der Waals surface area contributed by atoms with Gasteiger partial charge < -0.3 is 18.4 Å². The molecule has 10 rings (SSSR count). The molecule has 10 aromatic rings. The zero-order chi connectivity index (χ0) is 34.2. The van der Waals surface area contributed by atoms with Gasteiger partial charge in [0.2, 0.25) is 5.90 Å². The van der Waals surface area contributed by atoms with Crippen molar-refractivity contribution >= 4 is 77.2 Å². The highest BCUT2D eigenvalue weighted by atomic mass is 16.5. The smallest absolute Gasteiger partial charge is 0.220 e. The maximum atomic E-state index is 8.51. The van der Waals surface area contributed by atoms with E-state index in [2.05, 4.69) is 153 Å². The van der Waals surface area contributed by atoms with Crippen LogP contribution in [0.15, 0.2) is 158 Å². The molecular formula is C45H31N5O. The third kappa shape index (κ3) is 4.36. The number of benzene rings is 7. The second kappa shape index (κ2) is 11.1. The maximum absolute atomic E-state index is 8.51. The number of hydrogen-bond acceptors (Lipinski definition) is 3. The summed E-state index contributed by atoms with van der Waals surface area (Å²) in [5.74, 6) is -0.0649. The van der Waals surface area contributed by atoms with E-state index >= 15 is 0 Å². The minimum atomic E-state index is -0.0487. The summed E-state index contributed by atoms with van der Waals surface area (Å²) in [6, 6.07) is 55.7. The Morgan fingerprint density at radius 3 is 1.18 bits per heavy atom. The molecule has 3 aromatic heterocycles. The molecule has 0 bridgehead atoms. The molecule has 6 nitrogen and oxygen atoms in total. The van der Waals surface area contributed by atoms with Crippen LogP contribution in [0.5, 0.6) is 0 Å². The fourth-order valence-corrected chi connectivity index (χ4v) is 7.96. The first-order valence-electron chi connectivity index (χ1n) is 17.0. The van der Waals surface area contributed by atoms with Crippen LogP contribution >= 0.6 is 0 Å².